The lowest BCUT2D eigenvalue weighted by Gasteiger charge is -2.24. The van der Waals surface area contributed by atoms with Crippen LogP contribution in [0.25, 0.3) is 0 Å². The van der Waals surface area contributed by atoms with Crippen LogP contribution in [0.1, 0.15) is 13.3 Å². The highest BCUT2D eigenvalue weighted by Gasteiger charge is 2.54. The van der Waals surface area contributed by atoms with Gasteiger partial charge in [-0.1, -0.05) is 0 Å². The van der Waals surface area contributed by atoms with Gasteiger partial charge >= 0.3 is 11.9 Å². The van der Waals surface area contributed by atoms with Crippen molar-refractivity contribution in [2.75, 3.05) is 21.3 Å². The Hall–Kier alpha value is -2.18. The van der Waals surface area contributed by atoms with Crippen molar-refractivity contribution < 1.29 is 33.4 Å². The summed E-state index contributed by atoms with van der Waals surface area (Å²) < 4.78 is 13.4. The first-order chi connectivity index (χ1) is 8.86. The number of hydrogen-bond acceptors (Lipinski definition) is 7. The highest BCUT2D eigenvalue weighted by atomic mass is 16.5. The maximum Gasteiger partial charge on any atom is 0.331 e. The monoisotopic (exact) mass is 272 g/mol. The number of methoxy groups -OCH3 is 3. The molecule has 0 heterocycles. The van der Waals surface area contributed by atoms with Crippen LogP contribution in [0.4, 0.5) is 0 Å². The number of rotatable bonds is 7. The van der Waals surface area contributed by atoms with E-state index >= 15 is 0 Å². The standard InChI is InChI=1S/C12H16O7/c1-8(13)12(10(15)18-3,11(16)19-4)7-9(14)5-6-17-2/h5-6H,7H2,1-4H3/b6-5+. The van der Waals surface area contributed by atoms with Crippen molar-refractivity contribution >= 4 is 23.5 Å². The average Bonchev–Trinajstić information content (AvgIpc) is 2.40. The van der Waals surface area contributed by atoms with E-state index in [0.29, 0.717) is 0 Å². The highest BCUT2D eigenvalue weighted by molar-refractivity contribution is 6.22. The number of allylic oxidation sites excluding steroid dienone is 1. The van der Waals surface area contributed by atoms with Crippen molar-refractivity contribution in [1.29, 1.82) is 0 Å². The summed E-state index contributed by atoms with van der Waals surface area (Å²) >= 11 is 0. The smallest absolute Gasteiger partial charge is 0.331 e. The van der Waals surface area contributed by atoms with Crippen LogP contribution in [0.3, 0.4) is 0 Å². The summed E-state index contributed by atoms with van der Waals surface area (Å²) in [5, 5.41) is 0. The van der Waals surface area contributed by atoms with Crippen molar-refractivity contribution in [3.8, 4) is 0 Å². The molecule has 0 atom stereocenters. The molecule has 7 heteroatoms. The van der Waals surface area contributed by atoms with Crippen LogP contribution in [0.2, 0.25) is 0 Å². The molecule has 19 heavy (non-hydrogen) atoms. The molecule has 0 rings (SSSR count). The minimum absolute atomic E-state index is 0.646. The Kier molecular flexibility index (Phi) is 6.46. The summed E-state index contributed by atoms with van der Waals surface area (Å²) in [5.41, 5.74) is -2.28. The molecule has 0 radical (unpaired) electrons. The molecule has 0 unspecified atom stereocenters. The molecule has 0 spiro atoms. The molecule has 0 aliphatic heterocycles. The van der Waals surface area contributed by atoms with Crippen LogP contribution >= 0.6 is 0 Å². The summed E-state index contributed by atoms with van der Waals surface area (Å²) in [5.74, 6) is -3.74. The lowest BCUT2D eigenvalue weighted by molar-refractivity contribution is -0.173. The zero-order chi connectivity index (χ0) is 15.1. The van der Waals surface area contributed by atoms with E-state index in [2.05, 4.69) is 14.2 Å². The predicted molar refractivity (Wildman–Crippen MR) is 62.9 cm³/mol. The maximum atomic E-state index is 11.7. The third kappa shape index (κ3) is 3.64. The first kappa shape index (κ1) is 16.8. The Morgan fingerprint density at radius 3 is 1.79 bits per heavy atom. The van der Waals surface area contributed by atoms with Gasteiger partial charge in [-0.2, -0.15) is 0 Å². The molecule has 106 valence electrons. The van der Waals surface area contributed by atoms with Crippen LogP contribution in [0.5, 0.6) is 0 Å². The number of carbonyl (C=O) groups excluding carboxylic acids is 4. The molecule has 0 bridgehead atoms. The van der Waals surface area contributed by atoms with E-state index in [1.165, 1.54) is 7.11 Å². The van der Waals surface area contributed by atoms with E-state index < -0.39 is 35.3 Å². The van der Waals surface area contributed by atoms with E-state index in [-0.39, 0.29) is 0 Å². The Morgan fingerprint density at radius 2 is 1.47 bits per heavy atom. The van der Waals surface area contributed by atoms with Gasteiger partial charge in [-0.05, 0) is 6.92 Å². The molecule has 0 saturated heterocycles. The number of ketones is 2. The molecule has 0 aliphatic carbocycles. The largest absolute Gasteiger partial charge is 0.504 e. The number of esters is 2. The summed E-state index contributed by atoms with van der Waals surface area (Å²) in [4.78, 5) is 46.8. The first-order valence-corrected chi connectivity index (χ1v) is 5.26. The summed E-state index contributed by atoms with van der Waals surface area (Å²) in [6, 6.07) is 0. The van der Waals surface area contributed by atoms with E-state index in [0.717, 1.165) is 33.5 Å². The van der Waals surface area contributed by atoms with Gasteiger partial charge in [-0.25, -0.2) is 0 Å². The molecule has 0 saturated carbocycles. The summed E-state index contributed by atoms with van der Waals surface area (Å²) in [6.07, 6.45) is 1.40. The van der Waals surface area contributed by atoms with Crippen molar-refractivity contribution in [3.05, 3.63) is 12.3 Å². The van der Waals surface area contributed by atoms with Crippen LogP contribution in [-0.2, 0) is 33.4 Å². The van der Waals surface area contributed by atoms with Gasteiger partial charge in [0.1, 0.15) is 0 Å². The van der Waals surface area contributed by atoms with Gasteiger partial charge in [0.05, 0.1) is 27.6 Å². The Bertz CT molecular complexity index is 392. The third-order valence-corrected chi connectivity index (χ3v) is 2.50. The minimum Gasteiger partial charge on any atom is -0.504 e. The van der Waals surface area contributed by atoms with Crippen molar-refractivity contribution in [1.82, 2.24) is 0 Å². The molecule has 0 fully saturated rings. The van der Waals surface area contributed by atoms with Gasteiger partial charge in [-0.15, -0.1) is 0 Å². The van der Waals surface area contributed by atoms with Crippen molar-refractivity contribution in [2.24, 2.45) is 5.41 Å². The second kappa shape index (κ2) is 7.30. The Balaban J connectivity index is 5.54. The fourth-order valence-electron chi connectivity index (χ4n) is 1.45. The molecular formula is C12H16O7. The molecule has 0 aromatic heterocycles. The van der Waals surface area contributed by atoms with E-state index in [9.17, 15) is 19.2 Å². The number of hydrogen-bond donors (Lipinski definition) is 0. The lowest BCUT2D eigenvalue weighted by atomic mass is 9.79. The number of carbonyl (C=O) groups is 4. The van der Waals surface area contributed by atoms with Gasteiger partial charge in [0.2, 0.25) is 5.41 Å². The Labute approximate surface area is 110 Å². The van der Waals surface area contributed by atoms with Gasteiger partial charge < -0.3 is 14.2 Å². The van der Waals surface area contributed by atoms with Crippen LogP contribution in [-0.4, -0.2) is 44.8 Å². The number of ether oxygens (including phenoxy) is 3. The van der Waals surface area contributed by atoms with E-state index in [1.807, 2.05) is 0 Å². The SMILES string of the molecule is CO/C=C/C(=O)CC(C(C)=O)(C(=O)OC)C(=O)OC. The second-order valence-corrected chi connectivity index (χ2v) is 3.63. The highest BCUT2D eigenvalue weighted by Crippen LogP contribution is 2.28. The fraction of sp³-hybridized carbons (Fsp3) is 0.500. The molecule has 0 aliphatic rings. The van der Waals surface area contributed by atoms with E-state index in [4.69, 9.17) is 0 Å². The maximum absolute atomic E-state index is 11.7. The first-order valence-electron chi connectivity index (χ1n) is 5.26. The molecule has 7 nitrogen and oxygen atoms in total. The molecule has 0 amide bonds. The number of Topliss-reactive ketones (excluding diaryl/α,β-unsaturated/α-hetero) is 1. The molecule has 0 aromatic rings. The minimum atomic E-state index is -2.28. The fourth-order valence-corrected chi connectivity index (χ4v) is 1.45. The third-order valence-electron chi connectivity index (χ3n) is 2.50. The van der Waals surface area contributed by atoms with Gasteiger partial charge in [-0.3, -0.25) is 19.2 Å². The summed E-state index contributed by atoms with van der Waals surface area (Å²) in [7, 11) is 3.35. The zero-order valence-electron chi connectivity index (χ0n) is 11.2. The molecule has 0 N–H and O–H groups in total. The van der Waals surface area contributed by atoms with Crippen molar-refractivity contribution in [2.45, 2.75) is 13.3 Å². The van der Waals surface area contributed by atoms with Gasteiger partial charge in [0, 0.05) is 12.5 Å². The summed E-state index contributed by atoms with van der Waals surface area (Å²) in [6.45, 7) is 1.02. The molecule has 0 aromatic carbocycles. The quantitative estimate of drug-likeness (QED) is 0.279. The van der Waals surface area contributed by atoms with E-state index in [1.54, 1.807) is 0 Å². The normalized spacial score (nSPS) is 10.9. The second-order valence-electron chi connectivity index (χ2n) is 3.63. The van der Waals surface area contributed by atoms with Crippen molar-refractivity contribution in [3.63, 3.8) is 0 Å². The Morgan fingerprint density at radius 1 is 1.00 bits per heavy atom. The van der Waals surface area contributed by atoms with Crippen LogP contribution in [0, 0.1) is 5.41 Å². The van der Waals surface area contributed by atoms with Gasteiger partial charge in [0.15, 0.2) is 11.6 Å². The predicted octanol–water partition coefficient (Wildman–Crippen LogP) is 0.0271. The van der Waals surface area contributed by atoms with Crippen LogP contribution in [0.15, 0.2) is 12.3 Å². The lowest BCUT2D eigenvalue weighted by Crippen LogP contribution is -2.48. The zero-order valence-corrected chi connectivity index (χ0v) is 11.2. The molecular weight excluding hydrogens is 256 g/mol. The average molecular weight is 272 g/mol. The topological polar surface area (TPSA) is 96.0 Å². The van der Waals surface area contributed by atoms with Gasteiger partial charge in [0.25, 0.3) is 0 Å². The van der Waals surface area contributed by atoms with Crippen LogP contribution < -0.4 is 0 Å².